The maximum Gasteiger partial charge on any atom is 0.270 e. The number of hydrogen-bond acceptors (Lipinski definition) is 4. The average Bonchev–Trinajstić information content (AvgIpc) is 3.54. The maximum absolute atomic E-state index is 14.5. The van der Waals surface area contributed by atoms with Crippen molar-refractivity contribution in [3.63, 3.8) is 0 Å². The highest BCUT2D eigenvalue weighted by molar-refractivity contribution is 7.22. The molecule has 42 heavy (non-hydrogen) atoms. The molecule has 0 saturated heterocycles. The van der Waals surface area contributed by atoms with Crippen LogP contribution < -0.4 is 9.80 Å². The van der Waals surface area contributed by atoms with Crippen molar-refractivity contribution in [2.24, 2.45) is 0 Å². The van der Waals surface area contributed by atoms with Gasteiger partial charge in [0.2, 0.25) is 0 Å². The highest BCUT2D eigenvalue weighted by Gasteiger charge is 2.40. The Kier molecular flexibility index (Phi) is 7.03. The molecule has 2 amide bonds. The average molecular weight is 628 g/mol. The van der Waals surface area contributed by atoms with Crippen LogP contribution in [0.2, 0.25) is 10.0 Å². The summed E-state index contributed by atoms with van der Waals surface area (Å²) in [5, 5.41) is 2.70. The second kappa shape index (κ2) is 10.9. The van der Waals surface area contributed by atoms with Gasteiger partial charge in [0.25, 0.3) is 11.8 Å². The summed E-state index contributed by atoms with van der Waals surface area (Å²) < 4.78 is 1.94. The number of benzene rings is 4. The Labute approximate surface area is 261 Å². The van der Waals surface area contributed by atoms with Crippen molar-refractivity contribution >= 4 is 89.2 Å². The molecule has 0 fully saturated rings. The van der Waals surface area contributed by atoms with Gasteiger partial charge in [0.15, 0.2) is 0 Å². The summed E-state index contributed by atoms with van der Waals surface area (Å²) in [6.45, 7) is 2.03. The molecule has 0 spiro atoms. The third-order valence-electron chi connectivity index (χ3n) is 7.80. The molecule has 4 nitrogen and oxygen atoms in total. The summed E-state index contributed by atoms with van der Waals surface area (Å²) >= 11 is 16.4. The smallest absolute Gasteiger partial charge is 0.270 e. The monoisotopic (exact) mass is 626 g/mol. The van der Waals surface area contributed by atoms with Crippen LogP contribution in [0.15, 0.2) is 103 Å². The van der Waals surface area contributed by atoms with Crippen molar-refractivity contribution in [1.82, 2.24) is 0 Å². The molecule has 6 aromatic rings. The summed E-state index contributed by atoms with van der Waals surface area (Å²) in [5.74, 6) is -0.295. The van der Waals surface area contributed by atoms with Gasteiger partial charge in [0.1, 0.15) is 9.75 Å². The lowest BCUT2D eigenvalue weighted by molar-refractivity contribution is 0.0970. The Balaban J connectivity index is 1.34. The number of fused-ring (bicyclic) bond motifs is 3. The van der Waals surface area contributed by atoms with Gasteiger partial charge in [-0.05, 0) is 49.2 Å². The highest BCUT2D eigenvalue weighted by Crippen LogP contribution is 2.46. The van der Waals surface area contributed by atoms with Gasteiger partial charge >= 0.3 is 0 Å². The van der Waals surface area contributed by atoms with Gasteiger partial charge in [-0.15, -0.1) is 22.7 Å². The van der Waals surface area contributed by atoms with E-state index >= 15 is 0 Å². The molecule has 4 aromatic carbocycles. The zero-order chi connectivity index (χ0) is 29.0. The fraction of sp³-hybridized carbons (Fsp3) is 0.118. The van der Waals surface area contributed by atoms with Crippen LogP contribution in [-0.2, 0) is 0 Å². The largest absolute Gasteiger partial charge is 0.304 e. The van der Waals surface area contributed by atoms with Crippen molar-refractivity contribution < 1.29 is 9.59 Å². The van der Waals surface area contributed by atoms with Crippen molar-refractivity contribution in [1.29, 1.82) is 0 Å². The third-order valence-corrected chi connectivity index (χ3v) is 11.1. The molecule has 2 atom stereocenters. The van der Waals surface area contributed by atoms with E-state index in [1.54, 1.807) is 0 Å². The molecule has 3 heterocycles. The standard InChI is InChI=1S/C34H24Cl2N2O2S2/c1-20-19-26(38(21-11-3-2-4-12-21)34(40)32-30(36)24-15-7-10-18-28(24)42-32)22-13-5-8-16-25(22)37(20)33(39)31-29(35)23-14-6-9-17-27(23)41-31/h2-18,20,26H,19H2,1H3/t20-,26+/m1/s1. The summed E-state index contributed by atoms with van der Waals surface area (Å²) in [7, 11) is 0. The Hall–Kier alpha value is -3.68. The summed E-state index contributed by atoms with van der Waals surface area (Å²) in [4.78, 5) is 33.4. The second-order valence-electron chi connectivity index (χ2n) is 10.3. The van der Waals surface area contributed by atoms with E-state index in [1.807, 2.05) is 120 Å². The molecule has 0 radical (unpaired) electrons. The Morgan fingerprint density at radius 1 is 0.738 bits per heavy atom. The zero-order valence-corrected chi connectivity index (χ0v) is 25.6. The first-order valence-corrected chi connectivity index (χ1v) is 16.0. The lowest BCUT2D eigenvalue weighted by atomic mass is 9.89. The normalized spacial score (nSPS) is 16.5. The van der Waals surface area contributed by atoms with E-state index in [-0.39, 0.29) is 23.9 Å². The van der Waals surface area contributed by atoms with Crippen LogP contribution in [-0.4, -0.2) is 17.9 Å². The van der Waals surface area contributed by atoms with E-state index in [2.05, 4.69) is 0 Å². The van der Waals surface area contributed by atoms with Crippen molar-refractivity contribution in [2.75, 3.05) is 9.80 Å². The van der Waals surface area contributed by atoms with Gasteiger partial charge in [-0.25, -0.2) is 0 Å². The van der Waals surface area contributed by atoms with Gasteiger partial charge in [0.05, 0.1) is 16.1 Å². The lowest BCUT2D eigenvalue weighted by Gasteiger charge is -2.43. The molecule has 7 rings (SSSR count). The van der Waals surface area contributed by atoms with Crippen LogP contribution in [0.3, 0.4) is 0 Å². The molecule has 1 aliphatic heterocycles. The molecule has 208 valence electrons. The minimum Gasteiger partial charge on any atom is -0.304 e. The molecular weight excluding hydrogens is 603 g/mol. The first-order chi connectivity index (χ1) is 20.4. The van der Waals surface area contributed by atoms with E-state index in [1.165, 1.54) is 22.7 Å². The van der Waals surface area contributed by atoms with Crippen molar-refractivity contribution in [3.8, 4) is 0 Å². The summed E-state index contributed by atoms with van der Waals surface area (Å²) in [6.07, 6.45) is 0.536. The number of halogens is 2. The molecule has 0 saturated carbocycles. The highest BCUT2D eigenvalue weighted by atomic mass is 35.5. The van der Waals surface area contributed by atoms with Crippen LogP contribution >= 0.6 is 45.9 Å². The Morgan fingerprint density at radius 2 is 1.29 bits per heavy atom. The summed E-state index contributed by atoms with van der Waals surface area (Å²) in [5.41, 5.74) is 2.45. The van der Waals surface area contributed by atoms with Crippen molar-refractivity contribution in [3.05, 3.63) is 128 Å². The minimum atomic E-state index is -0.325. The van der Waals surface area contributed by atoms with Gasteiger partial charge in [-0.1, -0.05) is 96.0 Å². The van der Waals surface area contributed by atoms with Gasteiger partial charge in [-0.2, -0.15) is 0 Å². The number of thiophene rings is 2. The predicted octanol–water partition coefficient (Wildman–Crippen LogP) is 10.2. The van der Waals surface area contributed by atoms with E-state index in [0.29, 0.717) is 26.2 Å². The quantitative estimate of drug-likeness (QED) is 0.195. The molecule has 0 aliphatic carbocycles. The molecular formula is C34H24Cl2N2O2S2. The van der Waals surface area contributed by atoms with Crippen LogP contribution in [0, 0.1) is 0 Å². The molecule has 0 unspecified atom stereocenters. The molecule has 1 aliphatic rings. The van der Waals surface area contributed by atoms with Crippen LogP contribution in [0.1, 0.15) is 44.3 Å². The van der Waals surface area contributed by atoms with E-state index in [0.717, 1.165) is 37.1 Å². The number of hydrogen-bond donors (Lipinski definition) is 0. The third kappa shape index (κ3) is 4.41. The second-order valence-corrected chi connectivity index (χ2v) is 13.2. The molecule has 0 N–H and O–H groups in total. The lowest BCUT2D eigenvalue weighted by Crippen LogP contribution is -2.47. The fourth-order valence-electron chi connectivity index (χ4n) is 5.88. The number of carbonyl (C=O) groups is 2. The first-order valence-electron chi connectivity index (χ1n) is 13.6. The number of nitrogens with zero attached hydrogens (tertiary/aromatic N) is 2. The van der Waals surface area contributed by atoms with E-state index < -0.39 is 0 Å². The first kappa shape index (κ1) is 27.2. The molecule has 8 heteroatoms. The van der Waals surface area contributed by atoms with Crippen LogP contribution in [0.25, 0.3) is 20.2 Å². The Bertz CT molecular complexity index is 1980. The van der Waals surface area contributed by atoms with Gasteiger partial charge in [0, 0.05) is 37.6 Å². The van der Waals surface area contributed by atoms with E-state index in [4.69, 9.17) is 23.2 Å². The zero-order valence-electron chi connectivity index (χ0n) is 22.5. The predicted molar refractivity (Wildman–Crippen MR) is 177 cm³/mol. The number of rotatable bonds is 4. The molecule has 0 bridgehead atoms. The van der Waals surface area contributed by atoms with Crippen LogP contribution in [0.5, 0.6) is 0 Å². The van der Waals surface area contributed by atoms with Gasteiger partial charge < -0.3 is 4.90 Å². The number of amides is 2. The van der Waals surface area contributed by atoms with Crippen LogP contribution in [0.4, 0.5) is 11.4 Å². The maximum atomic E-state index is 14.5. The minimum absolute atomic E-state index is 0.135. The topological polar surface area (TPSA) is 40.6 Å². The van der Waals surface area contributed by atoms with Gasteiger partial charge in [-0.3, -0.25) is 14.5 Å². The number of anilines is 2. The Morgan fingerprint density at radius 3 is 1.95 bits per heavy atom. The number of carbonyl (C=O) groups excluding carboxylic acids is 2. The molecule has 2 aromatic heterocycles. The number of para-hydroxylation sites is 2. The SMILES string of the molecule is C[C@@H]1C[C@H](N(C(=O)c2sc3ccccc3c2Cl)c2ccccc2)c2ccccc2N1C(=O)c1sc2ccccc2c1Cl. The fourth-order valence-corrected chi connectivity index (χ4v) is 8.78. The van der Waals surface area contributed by atoms with Crippen molar-refractivity contribution in [2.45, 2.75) is 25.4 Å². The summed E-state index contributed by atoms with van der Waals surface area (Å²) in [6, 6.07) is 32.6. The van der Waals surface area contributed by atoms with E-state index in [9.17, 15) is 9.59 Å².